The van der Waals surface area contributed by atoms with E-state index in [1.54, 1.807) is 18.3 Å². The highest BCUT2D eigenvalue weighted by molar-refractivity contribution is 5.81. The van der Waals surface area contributed by atoms with Gasteiger partial charge in [0.25, 0.3) is 0 Å². The Labute approximate surface area is 155 Å². The predicted molar refractivity (Wildman–Crippen MR) is 99.5 cm³/mol. The highest BCUT2D eigenvalue weighted by Gasteiger charge is 2.08. The number of aromatic nitrogens is 3. The van der Waals surface area contributed by atoms with Gasteiger partial charge in [-0.15, -0.1) is 0 Å². The van der Waals surface area contributed by atoms with Gasteiger partial charge >= 0.3 is 0 Å². The molecule has 0 atom stereocenters. The summed E-state index contributed by atoms with van der Waals surface area (Å²) in [6, 6.07) is 11.8. The third kappa shape index (κ3) is 3.87. The van der Waals surface area contributed by atoms with E-state index < -0.39 is 0 Å². The summed E-state index contributed by atoms with van der Waals surface area (Å²) >= 11 is 0. The van der Waals surface area contributed by atoms with Crippen molar-refractivity contribution in [3.63, 3.8) is 0 Å². The fraction of sp³-hybridized carbons (Fsp3) is 0.150. The number of hydrogen-bond acceptors (Lipinski definition) is 6. The van der Waals surface area contributed by atoms with Crippen molar-refractivity contribution in [2.45, 2.75) is 20.5 Å². The molecule has 1 N–H and O–H groups in total. The number of anilines is 2. The molecule has 0 aliphatic heterocycles. The highest BCUT2D eigenvalue weighted by atomic mass is 19.1. The second-order valence-corrected chi connectivity index (χ2v) is 6.22. The van der Waals surface area contributed by atoms with Gasteiger partial charge in [-0.1, -0.05) is 11.2 Å². The molecule has 0 unspecified atom stereocenters. The lowest BCUT2D eigenvalue weighted by molar-refractivity contribution is 0.286. The minimum atomic E-state index is -0.324. The molecule has 0 fully saturated rings. The van der Waals surface area contributed by atoms with Gasteiger partial charge in [0, 0.05) is 29.4 Å². The fourth-order valence-electron chi connectivity index (χ4n) is 2.72. The Bertz CT molecular complexity index is 1110. The number of benzene rings is 2. The molecule has 0 radical (unpaired) electrons. The van der Waals surface area contributed by atoms with Crippen LogP contribution in [-0.4, -0.2) is 15.1 Å². The number of halogens is 1. The number of aryl methyl sites for hydroxylation is 2. The maximum Gasteiger partial charge on any atom is 0.227 e. The molecule has 0 aliphatic carbocycles. The standard InChI is InChI=1S/C20H17FN4O2/c1-12-6-14-10-22-20(23-16-5-3-4-15(21)8-16)24-18(14)9-19(12)26-11-17-7-13(2)27-25-17/h3-10H,11H2,1-2H3,(H,22,23,24). The van der Waals surface area contributed by atoms with Crippen LogP contribution in [-0.2, 0) is 6.61 Å². The van der Waals surface area contributed by atoms with Crippen LogP contribution >= 0.6 is 0 Å². The first-order valence-electron chi connectivity index (χ1n) is 8.42. The van der Waals surface area contributed by atoms with Gasteiger partial charge in [0.2, 0.25) is 5.95 Å². The van der Waals surface area contributed by atoms with Crippen LogP contribution in [0.5, 0.6) is 5.75 Å². The van der Waals surface area contributed by atoms with Crippen LogP contribution in [0.1, 0.15) is 17.0 Å². The minimum absolute atomic E-state index is 0.309. The van der Waals surface area contributed by atoms with Crippen molar-refractivity contribution in [1.29, 1.82) is 0 Å². The quantitative estimate of drug-likeness (QED) is 0.553. The fourth-order valence-corrected chi connectivity index (χ4v) is 2.72. The van der Waals surface area contributed by atoms with Crippen molar-refractivity contribution in [3.8, 4) is 5.75 Å². The molecule has 2 heterocycles. The zero-order valence-corrected chi connectivity index (χ0v) is 14.9. The Hall–Kier alpha value is -3.48. The summed E-state index contributed by atoms with van der Waals surface area (Å²) in [4.78, 5) is 8.79. The van der Waals surface area contributed by atoms with Gasteiger partial charge in [0.15, 0.2) is 0 Å². The first-order chi connectivity index (χ1) is 13.1. The Balaban J connectivity index is 1.59. The third-order valence-corrected chi connectivity index (χ3v) is 4.01. The van der Waals surface area contributed by atoms with Crippen molar-refractivity contribution in [3.05, 3.63) is 71.5 Å². The lowest BCUT2D eigenvalue weighted by Crippen LogP contribution is -2.00. The van der Waals surface area contributed by atoms with Crippen LogP contribution in [0.2, 0.25) is 0 Å². The molecule has 0 bridgehead atoms. The molecule has 0 spiro atoms. The number of nitrogens with one attached hydrogen (secondary N) is 1. The van der Waals surface area contributed by atoms with Crippen molar-refractivity contribution >= 4 is 22.5 Å². The van der Waals surface area contributed by atoms with Crippen molar-refractivity contribution in [2.75, 3.05) is 5.32 Å². The molecule has 4 aromatic rings. The zero-order valence-electron chi connectivity index (χ0n) is 14.9. The van der Waals surface area contributed by atoms with Gasteiger partial charge in [0.1, 0.15) is 29.6 Å². The molecule has 0 aliphatic rings. The molecule has 0 amide bonds. The lowest BCUT2D eigenvalue weighted by Gasteiger charge is -2.10. The molecule has 6 nitrogen and oxygen atoms in total. The number of rotatable bonds is 5. The van der Waals surface area contributed by atoms with Crippen LogP contribution in [0, 0.1) is 19.7 Å². The Morgan fingerprint density at radius 3 is 2.81 bits per heavy atom. The number of hydrogen-bond donors (Lipinski definition) is 1. The van der Waals surface area contributed by atoms with E-state index in [0.717, 1.165) is 27.9 Å². The molecule has 2 aromatic carbocycles. The summed E-state index contributed by atoms with van der Waals surface area (Å²) in [7, 11) is 0. The van der Waals surface area contributed by atoms with E-state index in [1.807, 2.05) is 32.0 Å². The summed E-state index contributed by atoms with van der Waals surface area (Å²) in [5.74, 6) is 1.51. The van der Waals surface area contributed by atoms with Gasteiger partial charge in [-0.2, -0.15) is 0 Å². The summed E-state index contributed by atoms with van der Waals surface area (Å²) in [6.07, 6.45) is 1.72. The SMILES string of the molecule is Cc1cc(COc2cc3nc(Nc4cccc(F)c4)ncc3cc2C)no1. The zero-order chi connectivity index (χ0) is 18.8. The summed E-state index contributed by atoms with van der Waals surface area (Å²) in [6.45, 7) is 4.10. The van der Waals surface area contributed by atoms with Gasteiger partial charge in [0.05, 0.1) is 5.52 Å². The van der Waals surface area contributed by atoms with Gasteiger partial charge < -0.3 is 14.6 Å². The summed E-state index contributed by atoms with van der Waals surface area (Å²) in [5.41, 5.74) is 3.00. The van der Waals surface area contributed by atoms with E-state index in [0.29, 0.717) is 24.0 Å². The summed E-state index contributed by atoms with van der Waals surface area (Å²) < 4.78 is 24.3. The van der Waals surface area contributed by atoms with Crippen molar-refractivity contribution in [1.82, 2.24) is 15.1 Å². The lowest BCUT2D eigenvalue weighted by atomic mass is 10.1. The van der Waals surface area contributed by atoms with Gasteiger partial charge in [-0.3, -0.25) is 0 Å². The molecule has 7 heteroatoms. The second-order valence-electron chi connectivity index (χ2n) is 6.22. The third-order valence-electron chi connectivity index (χ3n) is 4.01. The topological polar surface area (TPSA) is 73.1 Å². The van der Waals surface area contributed by atoms with E-state index in [9.17, 15) is 4.39 Å². The van der Waals surface area contributed by atoms with Gasteiger partial charge in [-0.05, 0) is 43.7 Å². The second kappa shape index (κ2) is 7.03. The normalized spacial score (nSPS) is 10.9. The molecule has 0 saturated carbocycles. The first kappa shape index (κ1) is 17.0. The molecular weight excluding hydrogens is 347 g/mol. The number of nitrogens with zero attached hydrogens (tertiary/aromatic N) is 3. The Morgan fingerprint density at radius 1 is 1.15 bits per heavy atom. The average Bonchev–Trinajstić information content (AvgIpc) is 3.05. The highest BCUT2D eigenvalue weighted by Crippen LogP contribution is 2.26. The maximum absolute atomic E-state index is 13.3. The predicted octanol–water partition coefficient (Wildman–Crippen LogP) is 4.70. The largest absolute Gasteiger partial charge is 0.487 e. The number of ether oxygens (including phenoxy) is 1. The van der Waals surface area contributed by atoms with Crippen LogP contribution in [0.15, 0.2) is 53.2 Å². The molecule has 4 rings (SSSR count). The van der Waals surface area contributed by atoms with Gasteiger partial charge in [-0.25, -0.2) is 14.4 Å². The van der Waals surface area contributed by atoms with E-state index in [-0.39, 0.29) is 5.82 Å². The Kier molecular flexibility index (Phi) is 4.42. The molecule has 27 heavy (non-hydrogen) atoms. The monoisotopic (exact) mass is 364 g/mol. The van der Waals surface area contributed by atoms with E-state index >= 15 is 0 Å². The average molecular weight is 364 g/mol. The van der Waals surface area contributed by atoms with E-state index in [2.05, 4.69) is 20.4 Å². The van der Waals surface area contributed by atoms with E-state index in [1.165, 1.54) is 12.1 Å². The van der Waals surface area contributed by atoms with Crippen LogP contribution in [0.25, 0.3) is 10.9 Å². The molecular formula is C20H17FN4O2. The van der Waals surface area contributed by atoms with Crippen LogP contribution in [0.4, 0.5) is 16.0 Å². The first-order valence-corrected chi connectivity index (χ1v) is 8.42. The van der Waals surface area contributed by atoms with Crippen LogP contribution < -0.4 is 10.1 Å². The summed E-state index contributed by atoms with van der Waals surface area (Å²) in [5, 5.41) is 7.82. The molecule has 136 valence electrons. The van der Waals surface area contributed by atoms with Crippen LogP contribution in [0.3, 0.4) is 0 Å². The smallest absolute Gasteiger partial charge is 0.227 e. The van der Waals surface area contributed by atoms with Crippen molar-refractivity contribution < 1.29 is 13.7 Å². The molecule has 2 aromatic heterocycles. The minimum Gasteiger partial charge on any atom is -0.487 e. The Morgan fingerprint density at radius 2 is 2.04 bits per heavy atom. The maximum atomic E-state index is 13.3. The van der Waals surface area contributed by atoms with E-state index in [4.69, 9.17) is 9.26 Å². The molecule has 0 saturated heterocycles. The van der Waals surface area contributed by atoms with Crippen molar-refractivity contribution in [2.24, 2.45) is 0 Å². The number of fused-ring (bicyclic) bond motifs is 1.